The summed E-state index contributed by atoms with van der Waals surface area (Å²) in [5.74, 6) is 0.446. The number of nitrogens with one attached hydrogen (secondary N) is 1. The van der Waals surface area contributed by atoms with Crippen molar-refractivity contribution in [2.45, 2.75) is 11.7 Å². The number of ether oxygens (including phenoxy) is 1. The van der Waals surface area contributed by atoms with Gasteiger partial charge in [-0.2, -0.15) is 0 Å². The number of carbonyl (C=O) groups excluding carboxylic acids is 1. The Labute approximate surface area is 132 Å². The van der Waals surface area contributed by atoms with Crippen molar-refractivity contribution in [2.75, 3.05) is 13.4 Å². The molecule has 0 spiro atoms. The predicted molar refractivity (Wildman–Crippen MR) is 83.0 cm³/mol. The number of amides is 1. The zero-order chi connectivity index (χ0) is 15.2. The summed E-state index contributed by atoms with van der Waals surface area (Å²) in [4.78, 5) is 20.2. The van der Waals surface area contributed by atoms with Crippen LogP contribution >= 0.6 is 23.4 Å². The van der Waals surface area contributed by atoms with Gasteiger partial charge in [-0.05, 0) is 24.0 Å². The molecule has 0 saturated carbocycles. The van der Waals surface area contributed by atoms with Gasteiger partial charge in [-0.3, -0.25) is 4.79 Å². The highest BCUT2D eigenvalue weighted by molar-refractivity contribution is 7.98. The third kappa shape index (κ3) is 4.09. The standard InChI is InChI=1S/C14H14ClN3O2S/c1-20-10-5-3-9(4-6-10)7-16-13(19)12-11(15)8-17-14(18-12)21-2/h3-6,8H,7H2,1-2H3,(H,16,19). The van der Waals surface area contributed by atoms with E-state index in [1.54, 1.807) is 7.11 Å². The molecule has 0 radical (unpaired) electrons. The number of thioether (sulfide) groups is 1. The van der Waals surface area contributed by atoms with Gasteiger partial charge in [-0.1, -0.05) is 35.5 Å². The first-order valence-corrected chi connectivity index (χ1v) is 7.72. The van der Waals surface area contributed by atoms with Gasteiger partial charge >= 0.3 is 0 Å². The number of hydrogen-bond acceptors (Lipinski definition) is 5. The van der Waals surface area contributed by atoms with Crippen molar-refractivity contribution in [3.8, 4) is 5.75 Å². The minimum Gasteiger partial charge on any atom is -0.497 e. The summed E-state index contributed by atoms with van der Waals surface area (Å²) in [6.45, 7) is 0.387. The first-order valence-electron chi connectivity index (χ1n) is 6.11. The van der Waals surface area contributed by atoms with Crippen LogP contribution in [0.5, 0.6) is 5.75 Å². The van der Waals surface area contributed by atoms with E-state index in [0.717, 1.165) is 11.3 Å². The van der Waals surface area contributed by atoms with Crippen LogP contribution < -0.4 is 10.1 Å². The van der Waals surface area contributed by atoms with Crippen LogP contribution in [-0.4, -0.2) is 29.2 Å². The second kappa shape index (κ2) is 7.28. The lowest BCUT2D eigenvalue weighted by Crippen LogP contribution is -2.24. The summed E-state index contributed by atoms with van der Waals surface area (Å²) in [5, 5.41) is 3.53. The largest absolute Gasteiger partial charge is 0.497 e. The van der Waals surface area contributed by atoms with Gasteiger partial charge in [0.05, 0.1) is 18.3 Å². The smallest absolute Gasteiger partial charge is 0.271 e. The number of carbonyl (C=O) groups is 1. The fourth-order valence-corrected chi connectivity index (χ4v) is 2.14. The molecule has 0 atom stereocenters. The summed E-state index contributed by atoms with van der Waals surface area (Å²) >= 11 is 7.31. The molecule has 0 bridgehead atoms. The van der Waals surface area contributed by atoms with Crippen LogP contribution in [0.3, 0.4) is 0 Å². The van der Waals surface area contributed by atoms with E-state index in [9.17, 15) is 4.79 Å². The molecule has 1 N–H and O–H groups in total. The Hall–Kier alpha value is -1.79. The van der Waals surface area contributed by atoms with Crippen molar-refractivity contribution < 1.29 is 9.53 Å². The molecule has 0 unspecified atom stereocenters. The highest BCUT2D eigenvalue weighted by Gasteiger charge is 2.13. The molecular formula is C14H14ClN3O2S. The Balaban J connectivity index is 2.04. The SMILES string of the molecule is COc1ccc(CNC(=O)c2nc(SC)ncc2Cl)cc1. The van der Waals surface area contributed by atoms with Gasteiger partial charge in [-0.25, -0.2) is 9.97 Å². The number of hydrogen-bond donors (Lipinski definition) is 1. The topological polar surface area (TPSA) is 64.1 Å². The van der Waals surface area contributed by atoms with Gasteiger partial charge in [0.25, 0.3) is 5.91 Å². The van der Waals surface area contributed by atoms with Crippen LogP contribution in [0.15, 0.2) is 35.6 Å². The number of halogens is 1. The number of rotatable bonds is 5. The zero-order valence-electron chi connectivity index (χ0n) is 11.6. The van der Waals surface area contributed by atoms with E-state index in [-0.39, 0.29) is 16.6 Å². The fourth-order valence-electron chi connectivity index (χ4n) is 1.62. The molecule has 0 aliphatic heterocycles. The van der Waals surface area contributed by atoms with Crippen LogP contribution in [0, 0.1) is 0 Å². The maximum atomic E-state index is 12.1. The molecule has 21 heavy (non-hydrogen) atoms. The van der Waals surface area contributed by atoms with E-state index in [0.29, 0.717) is 11.7 Å². The Morgan fingerprint density at radius 1 is 1.38 bits per heavy atom. The van der Waals surface area contributed by atoms with Crippen molar-refractivity contribution in [2.24, 2.45) is 0 Å². The first kappa shape index (κ1) is 15.6. The Kier molecular flexibility index (Phi) is 5.41. The number of benzene rings is 1. The monoisotopic (exact) mass is 323 g/mol. The number of methoxy groups -OCH3 is 1. The highest BCUT2D eigenvalue weighted by atomic mass is 35.5. The number of aromatic nitrogens is 2. The van der Waals surface area contributed by atoms with Crippen molar-refractivity contribution in [1.29, 1.82) is 0 Å². The van der Waals surface area contributed by atoms with Crippen LogP contribution in [0.1, 0.15) is 16.1 Å². The Morgan fingerprint density at radius 2 is 2.10 bits per heavy atom. The van der Waals surface area contributed by atoms with Crippen LogP contribution in [-0.2, 0) is 6.54 Å². The lowest BCUT2D eigenvalue weighted by molar-refractivity contribution is 0.0945. The maximum Gasteiger partial charge on any atom is 0.271 e. The van der Waals surface area contributed by atoms with E-state index in [1.807, 2.05) is 30.5 Å². The van der Waals surface area contributed by atoms with Gasteiger partial charge in [-0.15, -0.1) is 0 Å². The molecule has 2 rings (SSSR count). The molecule has 1 amide bonds. The summed E-state index contributed by atoms with van der Waals surface area (Å²) in [6.07, 6.45) is 3.27. The van der Waals surface area contributed by atoms with Crippen molar-refractivity contribution in [3.63, 3.8) is 0 Å². The molecule has 1 aromatic carbocycles. The zero-order valence-corrected chi connectivity index (χ0v) is 13.2. The number of nitrogens with zero attached hydrogens (tertiary/aromatic N) is 2. The summed E-state index contributed by atoms with van der Waals surface area (Å²) < 4.78 is 5.08. The lowest BCUT2D eigenvalue weighted by Gasteiger charge is -2.07. The fraction of sp³-hybridized carbons (Fsp3) is 0.214. The molecule has 1 aromatic heterocycles. The van der Waals surface area contributed by atoms with E-state index < -0.39 is 0 Å². The van der Waals surface area contributed by atoms with Gasteiger partial charge in [0, 0.05) is 6.54 Å². The lowest BCUT2D eigenvalue weighted by atomic mass is 10.2. The average molecular weight is 324 g/mol. The van der Waals surface area contributed by atoms with Crippen molar-refractivity contribution in [1.82, 2.24) is 15.3 Å². The van der Waals surface area contributed by atoms with Gasteiger partial charge in [0.1, 0.15) is 5.75 Å². The Bertz CT molecular complexity index is 635. The molecule has 0 fully saturated rings. The van der Waals surface area contributed by atoms with Crippen molar-refractivity contribution >= 4 is 29.3 Å². The van der Waals surface area contributed by atoms with Gasteiger partial charge in [0.15, 0.2) is 10.9 Å². The minimum absolute atomic E-state index is 0.185. The second-order valence-corrected chi connectivity index (χ2v) is 5.26. The molecule has 0 aliphatic carbocycles. The molecule has 5 nitrogen and oxygen atoms in total. The van der Waals surface area contributed by atoms with Gasteiger partial charge in [0.2, 0.25) is 0 Å². The van der Waals surface area contributed by atoms with E-state index in [2.05, 4.69) is 15.3 Å². The first-order chi connectivity index (χ1) is 10.1. The molecular weight excluding hydrogens is 310 g/mol. The second-order valence-electron chi connectivity index (χ2n) is 4.08. The molecule has 7 heteroatoms. The summed E-state index contributed by atoms with van der Waals surface area (Å²) in [7, 11) is 1.61. The third-order valence-electron chi connectivity index (χ3n) is 2.73. The Morgan fingerprint density at radius 3 is 2.71 bits per heavy atom. The van der Waals surface area contributed by atoms with E-state index in [4.69, 9.17) is 16.3 Å². The maximum absolute atomic E-state index is 12.1. The quantitative estimate of drug-likeness (QED) is 0.677. The molecule has 1 heterocycles. The van der Waals surface area contributed by atoms with Crippen LogP contribution in [0.25, 0.3) is 0 Å². The third-order valence-corrected chi connectivity index (χ3v) is 3.57. The van der Waals surface area contributed by atoms with E-state index >= 15 is 0 Å². The molecule has 0 saturated heterocycles. The van der Waals surface area contributed by atoms with Crippen LogP contribution in [0.4, 0.5) is 0 Å². The summed E-state index contributed by atoms with van der Waals surface area (Å²) in [5.41, 5.74) is 1.14. The van der Waals surface area contributed by atoms with Crippen molar-refractivity contribution in [3.05, 3.63) is 46.7 Å². The molecule has 110 valence electrons. The van der Waals surface area contributed by atoms with E-state index in [1.165, 1.54) is 18.0 Å². The highest BCUT2D eigenvalue weighted by Crippen LogP contribution is 2.17. The molecule has 2 aromatic rings. The van der Waals surface area contributed by atoms with Gasteiger partial charge < -0.3 is 10.1 Å². The minimum atomic E-state index is -0.325. The average Bonchev–Trinajstić information content (AvgIpc) is 2.53. The molecule has 0 aliphatic rings. The summed E-state index contributed by atoms with van der Waals surface area (Å²) in [6, 6.07) is 7.44. The van der Waals surface area contributed by atoms with Crippen LogP contribution in [0.2, 0.25) is 5.02 Å². The normalized spacial score (nSPS) is 10.2. The predicted octanol–water partition coefficient (Wildman–Crippen LogP) is 2.79.